The quantitative estimate of drug-likeness (QED) is 0.795. The van der Waals surface area contributed by atoms with Crippen molar-refractivity contribution in [3.8, 4) is 5.75 Å². The lowest BCUT2D eigenvalue weighted by Gasteiger charge is -2.09. The number of hydrogen-bond acceptors (Lipinski definition) is 2. The summed E-state index contributed by atoms with van der Waals surface area (Å²) in [6, 6.07) is 12.7. The Balaban J connectivity index is 1.85. The summed E-state index contributed by atoms with van der Waals surface area (Å²) in [5, 5.41) is 3.73. The van der Waals surface area contributed by atoms with Gasteiger partial charge in [-0.2, -0.15) is 0 Å². The maximum atomic E-state index is 12.0. The molecule has 5 heteroatoms. The van der Waals surface area contributed by atoms with Crippen molar-refractivity contribution in [1.82, 2.24) is 5.32 Å². The second-order valence-electron chi connectivity index (χ2n) is 4.80. The van der Waals surface area contributed by atoms with E-state index in [0.717, 1.165) is 24.2 Å². The summed E-state index contributed by atoms with van der Waals surface area (Å²) >= 11 is 11.8. The molecule has 116 valence electrons. The van der Waals surface area contributed by atoms with E-state index in [1.165, 1.54) is 0 Å². The van der Waals surface area contributed by atoms with Crippen molar-refractivity contribution >= 4 is 29.1 Å². The van der Waals surface area contributed by atoms with Gasteiger partial charge < -0.3 is 10.1 Å². The third-order valence-electron chi connectivity index (χ3n) is 3.28. The molecule has 0 aromatic heterocycles. The van der Waals surface area contributed by atoms with Gasteiger partial charge in [-0.25, -0.2) is 0 Å². The molecular formula is C17H17Cl2NO2. The Morgan fingerprint density at radius 3 is 2.68 bits per heavy atom. The van der Waals surface area contributed by atoms with E-state index in [9.17, 15) is 4.79 Å². The number of para-hydroxylation sites is 1. The van der Waals surface area contributed by atoms with Gasteiger partial charge in [-0.15, -0.1) is 0 Å². The average molecular weight is 338 g/mol. The van der Waals surface area contributed by atoms with Crippen LogP contribution in [0, 0.1) is 0 Å². The number of aryl methyl sites for hydroxylation is 1. The van der Waals surface area contributed by atoms with E-state index in [-0.39, 0.29) is 5.91 Å². The predicted octanol–water partition coefficient (Wildman–Crippen LogP) is 4.36. The van der Waals surface area contributed by atoms with Crippen LogP contribution in [0.25, 0.3) is 0 Å². The molecule has 0 aliphatic rings. The first-order valence-electron chi connectivity index (χ1n) is 6.97. The molecule has 1 amide bonds. The summed E-state index contributed by atoms with van der Waals surface area (Å²) in [4.78, 5) is 12.0. The van der Waals surface area contributed by atoms with Gasteiger partial charge in [0.1, 0.15) is 5.75 Å². The van der Waals surface area contributed by atoms with Crippen LogP contribution in [0.5, 0.6) is 5.75 Å². The molecule has 0 spiro atoms. The molecule has 0 heterocycles. The minimum Gasteiger partial charge on any atom is -0.496 e. The number of halogens is 2. The minimum atomic E-state index is -0.193. The molecule has 2 rings (SSSR count). The summed E-state index contributed by atoms with van der Waals surface area (Å²) in [7, 11) is 1.66. The molecule has 0 saturated heterocycles. The van der Waals surface area contributed by atoms with Gasteiger partial charge in [0, 0.05) is 11.6 Å². The van der Waals surface area contributed by atoms with Crippen molar-refractivity contribution in [3.63, 3.8) is 0 Å². The van der Waals surface area contributed by atoms with Gasteiger partial charge >= 0.3 is 0 Å². The van der Waals surface area contributed by atoms with Crippen molar-refractivity contribution in [2.75, 3.05) is 13.7 Å². The van der Waals surface area contributed by atoms with Gasteiger partial charge in [0.15, 0.2) is 0 Å². The Morgan fingerprint density at radius 1 is 1.18 bits per heavy atom. The van der Waals surface area contributed by atoms with Crippen LogP contribution in [0.1, 0.15) is 22.3 Å². The van der Waals surface area contributed by atoms with E-state index in [4.69, 9.17) is 27.9 Å². The number of carbonyl (C=O) groups excluding carboxylic acids is 1. The summed E-state index contributed by atoms with van der Waals surface area (Å²) in [6.07, 6.45) is 1.65. The molecule has 2 aromatic rings. The number of hydrogen-bond donors (Lipinski definition) is 1. The number of ether oxygens (including phenoxy) is 1. The monoisotopic (exact) mass is 337 g/mol. The molecule has 0 bridgehead atoms. The van der Waals surface area contributed by atoms with Gasteiger partial charge in [-0.1, -0.05) is 41.4 Å². The Bertz CT molecular complexity index is 659. The first kappa shape index (κ1) is 16.7. The van der Waals surface area contributed by atoms with Crippen LogP contribution >= 0.6 is 23.2 Å². The second kappa shape index (κ2) is 8.06. The van der Waals surface area contributed by atoms with E-state index >= 15 is 0 Å². The molecule has 0 aliphatic carbocycles. The Labute approximate surface area is 140 Å². The largest absolute Gasteiger partial charge is 0.496 e. The SMILES string of the molecule is COc1ccccc1CCCNC(=O)c1ccc(Cl)cc1Cl. The Kier molecular flexibility index (Phi) is 6.10. The van der Waals surface area contributed by atoms with Crippen LogP contribution in [0.4, 0.5) is 0 Å². The zero-order valence-electron chi connectivity index (χ0n) is 12.2. The van der Waals surface area contributed by atoms with Gasteiger partial charge in [0.2, 0.25) is 0 Å². The molecule has 2 aromatic carbocycles. The van der Waals surface area contributed by atoms with Crippen LogP contribution in [0.15, 0.2) is 42.5 Å². The highest BCUT2D eigenvalue weighted by molar-refractivity contribution is 6.36. The fraction of sp³-hybridized carbons (Fsp3) is 0.235. The number of nitrogens with one attached hydrogen (secondary N) is 1. The maximum absolute atomic E-state index is 12.0. The van der Waals surface area contributed by atoms with E-state index in [0.29, 0.717) is 22.2 Å². The molecule has 3 nitrogen and oxygen atoms in total. The van der Waals surface area contributed by atoms with E-state index in [1.54, 1.807) is 25.3 Å². The van der Waals surface area contributed by atoms with Gasteiger partial charge in [0.05, 0.1) is 17.7 Å². The molecule has 0 aliphatic heterocycles. The first-order chi connectivity index (χ1) is 10.6. The van der Waals surface area contributed by atoms with Gasteiger partial charge in [-0.05, 0) is 42.7 Å². The predicted molar refractivity (Wildman–Crippen MR) is 90.1 cm³/mol. The third-order valence-corrected chi connectivity index (χ3v) is 3.82. The van der Waals surface area contributed by atoms with Crippen LogP contribution in [-0.4, -0.2) is 19.6 Å². The number of carbonyl (C=O) groups is 1. The van der Waals surface area contributed by atoms with Crippen molar-refractivity contribution < 1.29 is 9.53 Å². The highest BCUT2D eigenvalue weighted by Gasteiger charge is 2.10. The Hall–Kier alpha value is -1.71. The van der Waals surface area contributed by atoms with Crippen molar-refractivity contribution in [2.45, 2.75) is 12.8 Å². The summed E-state index contributed by atoms with van der Waals surface area (Å²) in [6.45, 7) is 0.565. The van der Waals surface area contributed by atoms with Crippen molar-refractivity contribution in [2.24, 2.45) is 0 Å². The zero-order valence-corrected chi connectivity index (χ0v) is 13.7. The lowest BCUT2D eigenvalue weighted by molar-refractivity contribution is 0.0953. The smallest absolute Gasteiger partial charge is 0.252 e. The van der Waals surface area contributed by atoms with E-state index in [1.807, 2.05) is 24.3 Å². The van der Waals surface area contributed by atoms with Gasteiger partial charge in [0.25, 0.3) is 5.91 Å². The Morgan fingerprint density at radius 2 is 1.95 bits per heavy atom. The second-order valence-corrected chi connectivity index (χ2v) is 5.64. The van der Waals surface area contributed by atoms with Crippen molar-refractivity contribution in [1.29, 1.82) is 0 Å². The lowest BCUT2D eigenvalue weighted by atomic mass is 10.1. The number of benzene rings is 2. The molecule has 0 saturated carbocycles. The number of rotatable bonds is 6. The molecular weight excluding hydrogens is 321 g/mol. The van der Waals surface area contributed by atoms with E-state index in [2.05, 4.69) is 5.32 Å². The third kappa shape index (κ3) is 4.39. The summed E-state index contributed by atoms with van der Waals surface area (Å²) in [5.74, 6) is 0.677. The first-order valence-corrected chi connectivity index (χ1v) is 7.72. The molecule has 0 atom stereocenters. The topological polar surface area (TPSA) is 38.3 Å². The van der Waals surface area contributed by atoms with Crippen LogP contribution in [-0.2, 0) is 6.42 Å². The van der Waals surface area contributed by atoms with Crippen LogP contribution in [0.3, 0.4) is 0 Å². The maximum Gasteiger partial charge on any atom is 0.252 e. The fourth-order valence-corrected chi connectivity index (χ4v) is 2.65. The van der Waals surface area contributed by atoms with Crippen molar-refractivity contribution in [3.05, 3.63) is 63.6 Å². The van der Waals surface area contributed by atoms with E-state index < -0.39 is 0 Å². The number of methoxy groups -OCH3 is 1. The fourth-order valence-electron chi connectivity index (χ4n) is 2.16. The highest BCUT2D eigenvalue weighted by Crippen LogP contribution is 2.21. The summed E-state index contributed by atoms with van der Waals surface area (Å²) in [5.41, 5.74) is 1.56. The number of amides is 1. The molecule has 0 unspecified atom stereocenters. The zero-order chi connectivity index (χ0) is 15.9. The van der Waals surface area contributed by atoms with Crippen LogP contribution < -0.4 is 10.1 Å². The summed E-state index contributed by atoms with van der Waals surface area (Å²) < 4.78 is 5.30. The molecule has 1 N–H and O–H groups in total. The normalized spacial score (nSPS) is 10.3. The molecule has 22 heavy (non-hydrogen) atoms. The molecule has 0 radical (unpaired) electrons. The molecule has 0 fully saturated rings. The highest BCUT2D eigenvalue weighted by atomic mass is 35.5. The lowest BCUT2D eigenvalue weighted by Crippen LogP contribution is -2.25. The van der Waals surface area contributed by atoms with Crippen LogP contribution in [0.2, 0.25) is 10.0 Å². The minimum absolute atomic E-state index is 0.193. The standard InChI is InChI=1S/C17H17Cl2NO2/c1-22-16-7-3-2-5-12(16)6-4-10-20-17(21)14-9-8-13(18)11-15(14)19/h2-3,5,7-9,11H,4,6,10H2,1H3,(H,20,21). The average Bonchev–Trinajstić information content (AvgIpc) is 2.51. The van der Waals surface area contributed by atoms with Gasteiger partial charge in [-0.3, -0.25) is 4.79 Å².